The monoisotopic (exact) mass is 283 g/mol. The number of hydrogen-bond acceptors (Lipinski definition) is 5. The van der Waals surface area contributed by atoms with Gasteiger partial charge in [0.1, 0.15) is 12.6 Å². The largest absolute Gasteiger partial charge is 0.488 e. The number of ether oxygens (including phenoxy) is 1. The van der Waals surface area contributed by atoms with Gasteiger partial charge < -0.3 is 4.74 Å². The lowest BCUT2D eigenvalue weighted by molar-refractivity contribution is -0.387. The van der Waals surface area contributed by atoms with Crippen molar-refractivity contribution in [2.24, 2.45) is 0 Å². The van der Waals surface area contributed by atoms with Crippen molar-refractivity contribution in [3.63, 3.8) is 0 Å². The molecule has 6 nitrogen and oxygen atoms in total. The molecule has 1 fully saturated rings. The van der Waals surface area contributed by atoms with E-state index in [-0.39, 0.29) is 12.6 Å². The Morgan fingerprint density at radius 1 is 1.50 bits per heavy atom. The van der Waals surface area contributed by atoms with Crippen molar-refractivity contribution >= 4 is 5.69 Å². The van der Waals surface area contributed by atoms with Gasteiger partial charge in [-0.05, 0) is 12.8 Å². The van der Waals surface area contributed by atoms with Crippen LogP contribution in [-0.2, 0) is 0 Å². The second-order valence-corrected chi connectivity index (χ2v) is 4.42. The van der Waals surface area contributed by atoms with Crippen LogP contribution in [0, 0.1) is 33.1 Å². The molecular formula is C12H11F2N3O3. The van der Waals surface area contributed by atoms with Gasteiger partial charge in [-0.1, -0.05) is 0 Å². The molecule has 1 aromatic rings. The number of benzene rings is 1. The third-order valence-electron chi connectivity index (χ3n) is 2.77. The van der Waals surface area contributed by atoms with Crippen molar-refractivity contribution in [3.8, 4) is 11.8 Å². The van der Waals surface area contributed by atoms with E-state index < -0.39 is 34.0 Å². The minimum absolute atomic E-state index is 0.166. The van der Waals surface area contributed by atoms with Crippen molar-refractivity contribution in [2.75, 3.05) is 6.61 Å². The molecule has 0 bridgehead atoms. The Bertz CT molecular complexity index is 570. The molecule has 1 aliphatic carbocycles. The smallest absolute Gasteiger partial charge is 0.307 e. The molecule has 8 heteroatoms. The molecule has 1 saturated carbocycles. The van der Waals surface area contributed by atoms with Crippen LogP contribution in [0.25, 0.3) is 0 Å². The maximum Gasteiger partial charge on any atom is 0.307 e. The maximum absolute atomic E-state index is 13.5. The standard InChI is InChI=1S/C12H11F2N3O3/c13-9-4-12(10(14)3-11(9)17(18)19)20-6-8(5-15)16-7-1-2-7/h3-4,7-8,16H,1-2,6H2. The number of nitrogens with one attached hydrogen (secondary N) is 1. The van der Waals surface area contributed by atoms with Crippen molar-refractivity contribution in [1.82, 2.24) is 5.32 Å². The van der Waals surface area contributed by atoms with Gasteiger partial charge in [0.2, 0.25) is 5.82 Å². The molecule has 0 heterocycles. The molecule has 0 radical (unpaired) electrons. The molecule has 0 saturated heterocycles. The first-order valence-electron chi connectivity index (χ1n) is 5.93. The molecule has 1 atom stereocenters. The first-order chi connectivity index (χ1) is 9.51. The van der Waals surface area contributed by atoms with E-state index in [0.717, 1.165) is 12.8 Å². The zero-order valence-electron chi connectivity index (χ0n) is 10.3. The van der Waals surface area contributed by atoms with E-state index in [1.807, 2.05) is 6.07 Å². The fourth-order valence-corrected chi connectivity index (χ4v) is 1.60. The molecular weight excluding hydrogens is 272 g/mol. The van der Waals surface area contributed by atoms with E-state index >= 15 is 0 Å². The second-order valence-electron chi connectivity index (χ2n) is 4.42. The van der Waals surface area contributed by atoms with E-state index in [0.29, 0.717) is 12.1 Å². The van der Waals surface area contributed by atoms with Crippen LogP contribution in [0.2, 0.25) is 0 Å². The molecule has 0 aliphatic heterocycles. The Kier molecular flexibility index (Phi) is 4.10. The molecule has 1 aromatic carbocycles. The molecule has 106 valence electrons. The predicted octanol–water partition coefficient (Wildman–Crippen LogP) is 1.90. The van der Waals surface area contributed by atoms with Gasteiger partial charge in [0, 0.05) is 12.1 Å². The normalized spacial score (nSPS) is 15.4. The average Bonchev–Trinajstić information content (AvgIpc) is 3.21. The summed E-state index contributed by atoms with van der Waals surface area (Å²) in [5.74, 6) is -2.68. The van der Waals surface area contributed by atoms with E-state index in [2.05, 4.69) is 5.32 Å². The van der Waals surface area contributed by atoms with Crippen LogP contribution in [0.5, 0.6) is 5.75 Å². The summed E-state index contributed by atoms with van der Waals surface area (Å²) in [7, 11) is 0. The van der Waals surface area contributed by atoms with Gasteiger partial charge in [-0.2, -0.15) is 9.65 Å². The third kappa shape index (κ3) is 3.39. The number of nitrogens with zero attached hydrogens (tertiary/aromatic N) is 2. The molecule has 0 spiro atoms. The van der Waals surface area contributed by atoms with Gasteiger partial charge in [-0.25, -0.2) is 4.39 Å². The summed E-state index contributed by atoms with van der Waals surface area (Å²) in [5, 5.41) is 22.3. The first-order valence-corrected chi connectivity index (χ1v) is 5.93. The zero-order chi connectivity index (χ0) is 14.7. The molecule has 1 unspecified atom stereocenters. The first kappa shape index (κ1) is 14.1. The van der Waals surface area contributed by atoms with Gasteiger partial charge in [-0.3, -0.25) is 15.4 Å². The van der Waals surface area contributed by atoms with Crippen LogP contribution in [0.4, 0.5) is 14.5 Å². The van der Waals surface area contributed by atoms with E-state index in [1.54, 1.807) is 0 Å². The topological polar surface area (TPSA) is 88.2 Å². The highest BCUT2D eigenvalue weighted by molar-refractivity contribution is 5.39. The Morgan fingerprint density at radius 3 is 2.75 bits per heavy atom. The Labute approximate surface area is 113 Å². The number of rotatable bonds is 6. The summed E-state index contributed by atoms with van der Waals surface area (Å²) in [4.78, 5) is 9.41. The molecule has 1 aliphatic rings. The molecule has 1 N–H and O–H groups in total. The van der Waals surface area contributed by atoms with E-state index in [4.69, 9.17) is 10.00 Å². The molecule has 0 amide bonds. The SMILES string of the molecule is N#CC(COc1cc(F)c([N+](=O)[O-])cc1F)NC1CC1. The van der Waals surface area contributed by atoms with E-state index in [1.165, 1.54) is 0 Å². The van der Waals surface area contributed by atoms with Crippen LogP contribution in [0.3, 0.4) is 0 Å². The summed E-state index contributed by atoms with van der Waals surface area (Å²) in [6.45, 7) is -0.166. The van der Waals surface area contributed by atoms with Crippen LogP contribution >= 0.6 is 0 Å². The fourth-order valence-electron chi connectivity index (χ4n) is 1.60. The number of halogens is 2. The lowest BCUT2D eigenvalue weighted by Gasteiger charge is -2.12. The van der Waals surface area contributed by atoms with Crippen molar-refractivity contribution in [2.45, 2.75) is 24.9 Å². The van der Waals surface area contributed by atoms with Gasteiger partial charge >= 0.3 is 5.69 Å². The average molecular weight is 283 g/mol. The molecule has 2 rings (SSSR count). The van der Waals surface area contributed by atoms with Gasteiger partial charge in [0.25, 0.3) is 0 Å². The lowest BCUT2D eigenvalue weighted by Crippen LogP contribution is -2.34. The Morgan fingerprint density at radius 2 is 2.20 bits per heavy atom. The Hall–Kier alpha value is -2.27. The van der Waals surface area contributed by atoms with Gasteiger partial charge in [0.05, 0.1) is 17.1 Å². The predicted molar refractivity (Wildman–Crippen MR) is 64.1 cm³/mol. The quantitative estimate of drug-likeness (QED) is 0.636. The fraction of sp³-hybridized carbons (Fsp3) is 0.417. The summed E-state index contributed by atoms with van der Waals surface area (Å²) in [6.07, 6.45) is 1.94. The lowest BCUT2D eigenvalue weighted by atomic mass is 10.2. The zero-order valence-corrected chi connectivity index (χ0v) is 10.3. The van der Waals surface area contributed by atoms with Crippen LogP contribution in [0.15, 0.2) is 12.1 Å². The summed E-state index contributed by atoms with van der Waals surface area (Å²) < 4.78 is 31.9. The third-order valence-corrected chi connectivity index (χ3v) is 2.77. The summed E-state index contributed by atoms with van der Waals surface area (Å²) in [5.41, 5.74) is -0.956. The minimum atomic E-state index is -1.19. The highest BCUT2D eigenvalue weighted by atomic mass is 19.1. The van der Waals surface area contributed by atoms with Crippen LogP contribution in [0.1, 0.15) is 12.8 Å². The van der Waals surface area contributed by atoms with Gasteiger partial charge in [0.15, 0.2) is 11.6 Å². The molecule has 0 aromatic heterocycles. The summed E-state index contributed by atoms with van der Waals surface area (Å²) >= 11 is 0. The van der Waals surface area contributed by atoms with Crippen molar-refractivity contribution in [3.05, 3.63) is 33.9 Å². The van der Waals surface area contributed by atoms with Crippen LogP contribution in [-0.4, -0.2) is 23.6 Å². The number of nitro groups is 1. The highest BCUT2D eigenvalue weighted by Crippen LogP contribution is 2.26. The number of nitriles is 1. The van der Waals surface area contributed by atoms with Gasteiger partial charge in [-0.15, -0.1) is 0 Å². The van der Waals surface area contributed by atoms with Crippen LogP contribution < -0.4 is 10.1 Å². The molecule has 20 heavy (non-hydrogen) atoms. The minimum Gasteiger partial charge on any atom is -0.488 e. The van der Waals surface area contributed by atoms with Crippen molar-refractivity contribution < 1.29 is 18.4 Å². The number of nitro benzene ring substituents is 1. The van der Waals surface area contributed by atoms with E-state index in [9.17, 15) is 18.9 Å². The second kappa shape index (κ2) is 5.79. The highest BCUT2D eigenvalue weighted by Gasteiger charge is 2.25. The Balaban J connectivity index is 2.03. The summed E-state index contributed by atoms with van der Waals surface area (Å²) in [6, 6.07) is 2.64. The number of hydrogen-bond donors (Lipinski definition) is 1. The van der Waals surface area contributed by atoms with Crippen molar-refractivity contribution in [1.29, 1.82) is 5.26 Å². The maximum atomic E-state index is 13.5.